The van der Waals surface area contributed by atoms with E-state index in [0.717, 1.165) is 11.1 Å². The van der Waals surface area contributed by atoms with Gasteiger partial charge in [-0.1, -0.05) is 44.7 Å². The molecular formula is C22H30Cl2O4. The zero-order valence-electron chi connectivity index (χ0n) is 16.7. The molecule has 0 aliphatic rings. The van der Waals surface area contributed by atoms with Gasteiger partial charge in [0.15, 0.2) is 0 Å². The summed E-state index contributed by atoms with van der Waals surface area (Å²) >= 11 is 11.1. The predicted octanol–water partition coefficient (Wildman–Crippen LogP) is 4.58. The van der Waals surface area contributed by atoms with Crippen molar-refractivity contribution in [2.75, 3.05) is 25.0 Å². The second-order valence-electron chi connectivity index (χ2n) is 6.93. The van der Waals surface area contributed by atoms with Crippen LogP contribution in [0.5, 0.6) is 5.75 Å². The number of benzene rings is 1. The summed E-state index contributed by atoms with van der Waals surface area (Å²) in [6, 6.07) is 7.76. The molecule has 0 fully saturated rings. The van der Waals surface area contributed by atoms with Gasteiger partial charge in [-0.25, -0.2) is 0 Å². The van der Waals surface area contributed by atoms with Crippen molar-refractivity contribution in [2.24, 2.45) is 0 Å². The van der Waals surface area contributed by atoms with Gasteiger partial charge in [-0.3, -0.25) is 0 Å². The maximum Gasteiger partial charge on any atom is 0.119 e. The molecule has 0 aliphatic heterocycles. The molecule has 4 nitrogen and oxygen atoms in total. The van der Waals surface area contributed by atoms with E-state index in [1.807, 2.05) is 43.3 Å². The second kappa shape index (κ2) is 12.2. The van der Waals surface area contributed by atoms with Crippen LogP contribution in [0.2, 0.25) is 0 Å². The molecular weight excluding hydrogens is 399 g/mol. The minimum atomic E-state index is -0.712. The Morgan fingerprint density at radius 1 is 1.07 bits per heavy atom. The summed E-state index contributed by atoms with van der Waals surface area (Å²) in [6.45, 7) is 10.3. The Kier molecular flexibility index (Phi) is 10.7. The van der Waals surface area contributed by atoms with Gasteiger partial charge in [0.2, 0.25) is 0 Å². The van der Waals surface area contributed by atoms with Crippen molar-refractivity contribution >= 4 is 23.2 Å². The summed E-state index contributed by atoms with van der Waals surface area (Å²) in [7, 11) is 0. The van der Waals surface area contributed by atoms with Gasteiger partial charge in [0.25, 0.3) is 0 Å². The van der Waals surface area contributed by atoms with E-state index in [9.17, 15) is 10.2 Å². The summed E-state index contributed by atoms with van der Waals surface area (Å²) in [5, 5.41) is 18.9. The number of aliphatic hydroxyl groups excluding tert-OH is 2. The lowest BCUT2D eigenvalue weighted by Crippen LogP contribution is -2.20. The fourth-order valence-electron chi connectivity index (χ4n) is 2.52. The highest BCUT2D eigenvalue weighted by atomic mass is 35.5. The van der Waals surface area contributed by atoms with E-state index in [-0.39, 0.29) is 30.4 Å². The minimum Gasteiger partial charge on any atom is -0.491 e. The van der Waals surface area contributed by atoms with E-state index in [1.165, 1.54) is 0 Å². The van der Waals surface area contributed by atoms with Gasteiger partial charge >= 0.3 is 0 Å². The van der Waals surface area contributed by atoms with E-state index in [1.54, 1.807) is 6.08 Å². The Balaban J connectivity index is 2.79. The first kappa shape index (κ1) is 24.6. The maximum atomic E-state index is 9.48. The average Bonchev–Trinajstić information content (AvgIpc) is 2.70. The highest BCUT2D eigenvalue weighted by Crippen LogP contribution is 2.33. The number of aliphatic hydroxyl groups is 2. The first-order chi connectivity index (χ1) is 13.2. The number of allylic oxidation sites excluding steroid dienone is 4. The van der Waals surface area contributed by atoms with Crippen molar-refractivity contribution in [3.05, 3.63) is 66.0 Å². The average molecular weight is 429 g/mol. The Morgan fingerprint density at radius 3 is 2.18 bits per heavy atom. The molecule has 6 heteroatoms. The fourth-order valence-corrected chi connectivity index (χ4v) is 2.69. The molecule has 2 N–H and O–H groups in total. The molecule has 1 aromatic carbocycles. The third-order valence-electron chi connectivity index (χ3n) is 4.32. The Hall–Kier alpha value is -1.46. The van der Waals surface area contributed by atoms with Crippen molar-refractivity contribution < 1.29 is 19.7 Å². The molecule has 0 aromatic heterocycles. The van der Waals surface area contributed by atoms with Crippen LogP contribution in [0, 0.1) is 0 Å². The van der Waals surface area contributed by atoms with Crippen LogP contribution >= 0.6 is 23.2 Å². The Bertz CT molecular complexity index is 666. The smallest absolute Gasteiger partial charge is 0.119 e. The molecule has 0 saturated carbocycles. The van der Waals surface area contributed by atoms with Gasteiger partial charge < -0.3 is 19.7 Å². The van der Waals surface area contributed by atoms with E-state index in [4.69, 9.17) is 32.7 Å². The number of rotatable bonds is 12. The van der Waals surface area contributed by atoms with E-state index >= 15 is 0 Å². The lowest BCUT2D eigenvalue weighted by atomic mass is 9.77. The van der Waals surface area contributed by atoms with Crippen LogP contribution in [0.15, 0.2) is 60.4 Å². The number of hydrogen-bond acceptors (Lipinski definition) is 4. The molecule has 0 spiro atoms. The van der Waals surface area contributed by atoms with Crippen LogP contribution in [-0.4, -0.2) is 47.4 Å². The molecule has 156 valence electrons. The predicted molar refractivity (Wildman–Crippen MR) is 116 cm³/mol. The second-order valence-corrected chi connectivity index (χ2v) is 7.55. The molecule has 0 aliphatic carbocycles. The zero-order valence-corrected chi connectivity index (χ0v) is 18.2. The van der Waals surface area contributed by atoms with Crippen LogP contribution in [0.4, 0.5) is 0 Å². The molecule has 1 aromatic rings. The van der Waals surface area contributed by atoms with E-state index in [2.05, 4.69) is 20.4 Å². The summed E-state index contributed by atoms with van der Waals surface area (Å²) < 4.78 is 10.9. The van der Waals surface area contributed by atoms with Crippen LogP contribution in [0.25, 0.3) is 0 Å². The van der Waals surface area contributed by atoms with E-state index in [0.29, 0.717) is 11.5 Å². The SMILES string of the molecule is C=C(/C=C\C(=C/C)C(C)(C)c1ccc(OCC(O)CCl)cc1)OCC(O)CCl. The topological polar surface area (TPSA) is 58.9 Å². The molecule has 0 amide bonds. The van der Waals surface area contributed by atoms with E-state index < -0.39 is 12.2 Å². The van der Waals surface area contributed by atoms with Crippen molar-refractivity contribution in [1.82, 2.24) is 0 Å². The number of alkyl halides is 2. The van der Waals surface area contributed by atoms with Gasteiger partial charge in [-0.15, -0.1) is 23.2 Å². The molecule has 1 rings (SSSR count). The molecule has 28 heavy (non-hydrogen) atoms. The van der Waals surface area contributed by atoms with Crippen molar-refractivity contribution in [3.63, 3.8) is 0 Å². The summed E-state index contributed by atoms with van der Waals surface area (Å²) in [5.41, 5.74) is 1.94. The minimum absolute atomic E-state index is 0.112. The highest BCUT2D eigenvalue weighted by molar-refractivity contribution is 6.18. The molecule has 0 heterocycles. The van der Waals surface area contributed by atoms with Crippen molar-refractivity contribution in [2.45, 2.75) is 38.4 Å². The normalized spacial score (nSPS) is 14.8. The maximum absolute atomic E-state index is 9.48. The monoisotopic (exact) mass is 428 g/mol. The number of hydrogen-bond donors (Lipinski definition) is 2. The Morgan fingerprint density at radius 2 is 1.64 bits per heavy atom. The highest BCUT2D eigenvalue weighted by Gasteiger charge is 2.23. The van der Waals surface area contributed by atoms with Crippen LogP contribution in [0.3, 0.4) is 0 Å². The van der Waals surface area contributed by atoms with Crippen LogP contribution in [-0.2, 0) is 10.2 Å². The van der Waals surface area contributed by atoms with Crippen LogP contribution < -0.4 is 4.74 Å². The third-order valence-corrected chi connectivity index (χ3v) is 5.03. The first-order valence-electron chi connectivity index (χ1n) is 9.12. The lowest BCUT2D eigenvalue weighted by Gasteiger charge is -2.27. The zero-order chi connectivity index (χ0) is 21.2. The molecule has 0 saturated heterocycles. The van der Waals surface area contributed by atoms with Crippen molar-refractivity contribution in [1.29, 1.82) is 0 Å². The van der Waals surface area contributed by atoms with Gasteiger partial charge in [0, 0.05) is 5.41 Å². The quantitative estimate of drug-likeness (QED) is 0.290. The summed E-state index contributed by atoms with van der Waals surface area (Å²) in [4.78, 5) is 0. The van der Waals surface area contributed by atoms with Crippen molar-refractivity contribution in [3.8, 4) is 5.75 Å². The van der Waals surface area contributed by atoms with Gasteiger partial charge in [-0.05, 0) is 36.3 Å². The number of halogens is 2. The van der Waals surface area contributed by atoms with Gasteiger partial charge in [0.1, 0.15) is 36.9 Å². The summed E-state index contributed by atoms with van der Waals surface area (Å²) in [5.74, 6) is 1.40. The standard InChI is InChI=1S/C22H30Cl2O4/c1-5-17(7-6-16(2)27-14-19(25)12-23)22(3,4)18-8-10-21(11-9-18)28-15-20(26)13-24/h5-11,19-20,25-26H,2,12-15H2,1,3-4H3/b7-6-,17-5+. The third kappa shape index (κ3) is 7.88. The first-order valence-corrected chi connectivity index (χ1v) is 10.2. The number of ether oxygens (including phenoxy) is 2. The molecule has 2 unspecified atom stereocenters. The van der Waals surface area contributed by atoms with Gasteiger partial charge in [-0.2, -0.15) is 0 Å². The van der Waals surface area contributed by atoms with Gasteiger partial charge in [0.05, 0.1) is 11.8 Å². The lowest BCUT2D eigenvalue weighted by molar-refractivity contribution is 0.0910. The van der Waals surface area contributed by atoms with Crippen LogP contribution in [0.1, 0.15) is 26.3 Å². The molecule has 2 atom stereocenters. The largest absolute Gasteiger partial charge is 0.491 e. The molecule has 0 radical (unpaired) electrons. The molecule has 0 bridgehead atoms. The fraction of sp³-hybridized carbons (Fsp3) is 0.455. The Labute approximate surface area is 178 Å². The summed E-state index contributed by atoms with van der Waals surface area (Å²) in [6.07, 6.45) is 4.38.